The number of benzene rings is 1. The van der Waals surface area contributed by atoms with E-state index >= 15 is 0 Å². The summed E-state index contributed by atoms with van der Waals surface area (Å²) in [5.41, 5.74) is 0.793. The summed E-state index contributed by atoms with van der Waals surface area (Å²) < 4.78 is 43.7. The molecule has 0 heterocycles. The average molecular weight is 559 g/mol. The van der Waals surface area contributed by atoms with Gasteiger partial charge in [-0.3, -0.25) is 24.0 Å². The molecule has 4 N–H and O–H groups in total. The van der Waals surface area contributed by atoms with E-state index in [4.69, 9.17) is 4.74 Å². The molecule has 13 heteroatoms. The van der Waals surface area contributed by atoms with E-state index in [0.717, 1.165) is 12.5 Å². The summed E-state index contributed by atoms with van der Waals surface area (Å²) in [6.45, 7) is 8.54. The van der Waals surface area contributed by atoms with Crippen LogP contribution in [0.3, 0.4) is 0 Å². The number of ether oxygens (including phenoxy) is 1. The Hall–Kier alpha value is -3.48. The van der Waals surface area contributed by atoms with Crippen molar-refractivity contribution < 1.29 is 41.9 Å². The maximum Gasteiger partial charge on any atom is 0.452 e. The van der Waals surface area contributed by atoms with Crippen molar-refractivity contribution >= 4 is 29.4 Å². The average Bonchev–Trinajstić information content (AvgIpc) is 2.87. The third-order valence-electron chi connectivity index (χ3n) is 6.04. The highest BCUT2D eigenvalue weighted by molar-refractivity contribution is 5.96. The van der Waals surface area contributed by atoms with Crippen molar-refractivity contribution in [3.05, 3.63) is 35.9 Å². The van der Waals surface area contributed by atoms with Crippen molar-refractivity contribution in [2.24, 2.45) is 5.92 Å². The fraction of sp³-hybridized carbons (Fsp3) is 0.577. The number of Topliss-reactive ketones (excluding diaryl/α,β-unsaturated/α-hetero) is 1. The van der Waals surface area contributed by atoms with Crippen LogP contribution in [0.1, 0.15) is 53.5 Å². The van der Waals surface area contributed by atoms with Gasteiger partial charge in [0, 0.05) is 6.92 Å². The predicted molar refractivity (Wildman–Crippen MR) is 136 cm³/mol. The summed E-state index contributed by atoms with van der Waals surface area (Å²) >= 11 is 0. The zero-order valence-corrected chi connectivity index (χ0v) is 22.8. The zero-order chi connectivity index (χ0) is 29.9. The molecule has 0 saturated carbocycles. The van der Waals surface area contributed by atoms with Gasteiger partial charge < -0.3 is 26.0 Å². The molecule has 0 aliphatic rings. The molecular formula is C26H37F3N4O6. The van der Waals surface area contributed by atoms with Gasteiger partial charge in [-0.15, -0.1) is 0 Å². The molecule has 4 amide bonds. The number of hydrogen-bond acceptors (Lipinski definition) is 6. The number of nitrogens with one attached hydrogen (secondary N) is 4. The Balaban J connectivity index is 3.07. The summed E-state index contributed by atoms with van der Waals surface area (Å²) in [6.07, 6.45) is -5.52. The van der Waals surface area contributed by atoms with Crippen LogP contribution in [0.15, 0.2) is 30.3 Å². The fourth-order valence-corrected chi connectivity index (χ4v) is 3.48. The van der Waals surface area contributed by atoms with E-state index in [-0.39, 0.29) is 12.5 Å². The Morgan fingerprint density at radius 1 is 0.795 bits per heavy atom. The van der Waals surface area contributed by atoms with Crippen LogP contribution in [-0.4, -0.2) is 65.9 Å². The molecule has 10 nitrogen and oxygen atoms in total. The molecule has 0 radical (unpaired) electrons. The number of carbonyl (C=O) groups is 5. The molecule has 6 atom stereocenters. The molecule has 0 unspecified atom stereocenters. The van der Waals surface area contributed by atoms with E-state index in [0.29, 0.717) is 6.42 Å². The lowest BCUT2D eigenvalue weighted by atomic mass is 9.97. The highest BCUT2D eigenvalue weighted by Gasteiger charge is 2.42. The molecule has 0 bridgehead atoms. The van der Waals surface area contributed by atoms with E-state index in [1.165, 1.54) is 20.8 Å². The van der Waals surface area contributed by atoms with E-state index in [2.05, 4.69) is 16.0 Å². The van der Waals surface area contributed by atoms with Gasteiger partial charge in [-0.25, -0.2) is 0 Å². The first-order valence-corrected chi connectivity index (χ1v) is 12.5. The summed E-state index contributed by atoms with van der Waals surface area (Å²) in [6, 6.07) is 3.48. The maximum absolute atomic E-state index is 13.2. The smallest absolute Gasteiger partial charge is 0.371 e. The number of halogens is 3. The minimum atomic E-state index is -5.14. The molecule has 0 fully saturated rings. The molecule has 0 aromatic heterocycles. The monoisotopic (exact) mass is 558 g/mol. The number of hydrogen-bond donors (Lipinski definition) is 4. The Morgan fingerprint density at radius 2 is 1.33 bits per heavy atom. The molecule has 1 aromatic rings. The van der Waals surface area contributed by atoms with Crippen LogP contribution >= 0.6 is 0 Å². The van der Waals surface area contributed by atoms with Crippen molar-refractivity contribution in [3.8, 4) is 0 Å². The van der Waals surface area contributed by atoms with Gasteiger partial charge in [-0.2, -0.15) is 13.2 Å². The molecular weight excluding hydrogens is 521 g/mol. The van der Waals surface area contributed by atoms with Crippen LogP contribution in [-0.2, 0) is 35.3 Å². The molecule has 0 aliphatic heterocycles. The number of rotatable bonds is 14. The third-order valence-corrected chi connectivity index (χ3v) is 6.04. The van der Waals surface area contributed by atoms with Gasteiger partial charge in [-0.05, 0) is 32.3 Å². The van der Waals surface area contributed by atoms with Gasteiger partial charge in [0.25, 0.3) is 5.78 Å². The second-order valence-electron chi connectivity index (χ2n) is 9.37. The highest BCUT2D eigenvalue weighted by atomic mass is 19.4. The third kappa shape index (κ3) is 11.0. The molecule has 0 saturated heterocycles. The van der Waals surface area contributed by atoms with E-state index < -0.39 is 65.9 Å². The maximum atomic E-state index is 13.2. The Bertz CT molecular complexity index is 1010. The van der Waals surface area contributed by atoms with Gasteiger partial charge in [0.15, 0.2) is 0 Å². The van der Waals surface area contributed by atoms with Crippen LogP contribution < -0.4 is 21.3 Å². The number of alkyl halides is 3. The van der Waals surface area contributed by atoms with Crippen LogP contribution in [0.4, 0.5) is 13.2 Å². The molecule has 0 aliphatic carbocycles. The van der Waals surface area contributed by atoms with E-state index in [1.54, 1.807) is 31.2 Å². The molecule has 0 spiro atoms. The van der Waals surface area contributed by atoms with Crippen LogP contribution in [0.25, 0.3) is 0 Å². The Kier molecular flexibility index (Phi) is 13.1. The van der Waals surface area contributed by atoms with Crippen molar-refractivity contribution in [3.63, 3.8) is 0 Å². The van der Waals surface area contributed by atoms with E-state index in [1.807, 2.05) is 18.3 Å². The standard InChI is InChI=1S/C26H37F3N4O6/c1-7-14(2)20(32-18(6)34)24(37)33-21(17(5)39-13-19-11-9-8-10-12-19)25(38)31-16(4)23(36)30-15(3)22(35)26(27,28)29/h8-12,14-17,20-21H,7,13H2,1-6H3,(H,30,36)(H,31,38)(H,32,34)(H,33,37)/t14-,15-,16-,17+,20-,21-/m0/s1. The van der Waals surface area contributed by atoms with Crippen molar-refractivity contribution in [1.82, 2.24) is 21.3 Å². The lowest BCUT2D eigenvalue weighted by Crippen LogP contribution is -2.61. The number of carbonyl (C=O) groups excluding carboxylic acids is 5. The SMILES string of the molecule is CC[C@H](C)[C@H](NC(C)=O)C(=O)N[C@H](C(=O)N[C@@H](C)C(=O)N[C@@H](C)C(=O)C(F)(F)F)[C@@H](C)OCc1ccccc1. The molecule has 39 heavy (non-hydrogen) atoms. The Labute approximate surface area is 225 Å². The molecule has 1 rings (SSSR count). The predicted octanol–water partition coefficient (Wildman–Crippen LogP) is 1.77. The normalized spacial score (nSPS) is 16.0. The lowest BCUT2D eigenvalue weighted by molar-refractivity contribution is -0.173. The first-order chi connectivity index (χ1) is 18.1. The van der Waals surface area contributed by atoms with Crippen LogP contribution in [0.5, 0.6) is 0 Å². The van der Waals surface area contributed by atoms with Gasteiger partial charge >= 0.3 is 6.18 Å². The minimum absolute atomic E-state index is 0.0925. The van der Waals surface area contributed by atoms with Gasteiger partial charge in [0.1, 0.15) is 18.1 Å². The zero-order valence-electron chi connectivity index (χ0n) is 22.8. The summed E-state index contributed by atoms with van der Waals surface area (Å²) in [4.78, 5) is 61.7. The van der Waals surface area contributed by atoms with E-state index in [9.17, 15) is 37.1 Å². The quantitative estimate of drug-likeness (QED) is 0.274. The molecule has 218 valence electrons. The summed E-state index contributed by atoms with van der Waals surface area (Å²) in [7, 11) is 0. The van der Waals surface area contributed by atoms with Crippen LogP contribution in [0, 0.1) is 5.92 Å². The number of amides is 4. The largest absolute Gasteiger partial charge is 0.452 e. The van der Waals surface area contributed by atoms with Gasteiger partial charge in [-0.1, -0.05) is 50.6 Å². The highest BCUT2D eigenvalue weighted by Crippen LogP contribution is 2.18. The second kappa shape index (κ2) is 15.2. The summed E-state index contributed by atoms with van der Waals surface area (Å²) in [5.74, 6) is -5.42. The summed E-state index contributed by atoms with van der Waals surface area (Å²) in [5, 5.41) is 9.40. The number of ketones is 1. The topological polar surface area (TPSA) is 143 Å². The van der Waals surface area contributed by atoms with Crippen molar-refractivity contribution in [2.45, 2.75) is 91.0 Å². The van der Waals surface area contributed by atoms with Crippen molar-refractivity contribution in [1.29, 1.82) is 0 Å². The first-order valence-electron chi connectivity index (χ1n) is 12.5. The van der Waals surface area contributed by atoms with Crippen LogP contribution in [0.2, 0.25) is 0 Å². The lowest BCUT2D eigenvalue weighted by Gasteiger charge is -2.29. The molecule has 1 aromatic carbocycles. The first kappa shape index (κ1) is 33.5. The minimum Gasteiger partial charge on any atom is -0.371 e. The van der Waals surface area contributed by atoms with Crippen molar-refractivity contribution in [2.75, 3.05) is 0 Å². The van der Waals surface area contributed by atoms with Gasteiger partial charge in [0.05, 0.1) is 18.8 Å². The van der Waals surface area contributed by atoms with Gasteiger partial charge in [0.2, 0.25) is 23.6 Å². The fourth-order valence-electron chi connectivity index (χ4n) is 3.48. The Morgan fingerprint density at radius 3 is 1.85 bits per heavy atom. The second-order valence-corrected chi connectivity index (χ2v) is 9.37.